The number of anilines is 1. The summed E-state index contributed by atoms with van der Waals surface area (Å²) in [6.07, 6.45) is 2.01. The number of hydrogen-bond donors (Lipinski definition) is 1. The molecule has 1 fully saturated rings. The molecule has 5 nitrogen and oxygen atoms in total. The van der Waals surface area contributed by atoms with Crippen molar-refractivity contribution in [3.05, 3.63) is 52.0 Å². The molecule has 5 heteroatoms. The highest BCUT2D eigenvalue weighted by atomic mass is 16.6. The molecule has 1 saturated heterocycles. The quantitative estimate of drug-likeness (QED) is 0.638. The molecule has 1 N–H and O–H groups in total. The van der Waals surface area contributed by atoms with Gasteiger partial charge in [0.2, 0.25) is 0 Å². The fraction of sp³-hybridized carbons (Fsp3) is 0.333. The van der Waals surface area contributed by atoms with E-state index in [0.717, 1.165) is 31.4 Å². The number of hydrogen-bond acceptors (Lipinski definition) is 4. The standard InChI is InChI=1S/C12H15N3O2/c1-2-10-3-5-11(6-4-10)14-8-7-13-12(14)9-15(16)17/h3-6,9,13H,2,7-8H2,1H3. The summed E-state index contributed by atoms with van der Waals surface area (Å²) in [6.45, 7) is 3.59. The lowest BCUT2D eigenvalue weighted by Crippen LogP contribution is -2.20. The molecule has 2 rings (SSSR count). The van der Waals surface area contributed by atoms with Crippen molar-refractivity contribution in [2.24, 2.45) is 0 Å². The summed E-state index contributed by atoms with van der Waals surface area (Å²) in [6, 6.07) is 8.11. The number of nitrogens with zero attached hydrogens (tertiary/aromatic N) is 2. The van der Waals surface area contributed by atoms with Crippen molar-refractivity contribution < 1.29 is 4.92 Å². The maximum absolute atomic E-state index is 10.5. The van der Waals surface area contributed by atoms with E-state index in [0.29, 0.717) is 5.82 Å². The minimum atomic E-state index is -0.429. The van der Waals surface area contributed by atoms with E-state index < -0.39 is 4.92 Å². The highest BCUT2D eigenvalue weighted by Crippen LogP contribution is 2.21. The summed E-state index contributed by atoms with van der Waals surface area (Å²) in [7, 11) is 0. The van der Waals surface area contributed by atoms with Crippen LogP contribution in [0.4, 0.5) is 5.69 Å². The summed E-state index contributed by atoms with van der Waals surface area (Å²) in [4.78, 5) is 12.0. The highest BCUT2D eigenvalue weighted by Gasteiger charge is 2.20. The van der Waals surface area contributed by atoms with Gasteiger partial charge >= 0.3 is 0 Å². The number of benzene rings is 1. The minimum absolute atomic E-state index is 0.429. The topological polar surface area (TPSA) is 58.4 Å². The smallest absolute Gasteiger partial charge is 0.274 e. The second kappa shape index (κ2) is 4.86. The normalized spacial score (nSPS) is 17.2. The van der Waals surface area contributed by atoms with Gasteiger partial charge in [0.05, 0.1) is 4.92 Å². The van der Waals surface area contributed by atoms with Crippen LogP contribution in [0, 0.1) is 10.1 Å². The molecule has 1 aromatic rings. The van der Waals surface area contributed by atoms with Crippen molar-refractivity contribution in [2.75, 3.05) is 18.0 Å². The molecule has 1 aliphatic heterocycles. The average Bonchev–Trinajstić information content (AvgIpc) is 2.76. The predicted octanol–water partition coefficient (Wildman–Crippen LogP) is 1.73. The van der Waals surface area contributed by atoms with Crippen LogP contribution < -0.4 is 10.2 Å². The molecule has 1 aliphatic rings. The molecule has 0 radical (unpaired) electrons. The van der Waals surface area contributed by atoms with Gasteiger partial charge in [0.1, 0.15) is 0 Å². The Labute approximate surface area is 99.9 Å². The maximum Gasteiger partial charge on any atom is 0.274 e. The van der Waals surface area contributed by atoms with Gasteiger partial charge in [-0.15, -0.1) is 0 Å². The first kappa shape index (κ1) is 11.4. The molecule has 1 aromatic carbocycles. The highest BCUT2D eigenvalue weighted by molar-refractivity contribution is 5.53. The average molecular weight is 233 g/mol. The van der Waals surface area contributed by atoms with E-state index in [1.165, 1.54) is 5.56 Å². The van der Waals surface area contributed by atoms with Crippen LogP contribution in [-0.4, -0.2) is 18.0 Å². The second-order valence-electron chi connectivity index (χ2n) is 3.90. The Balaban J connectivity index is 2.23. The largest absolute Gasteiger partial charge is 0.365 e. The van der Waals surface area contributed by atoms with Gasteiger partial charge in [-0.05, 0) is 24.1 Å². The molecular formula is C12H15N3O2. The fourth-order valence-corrected chi connectivity index (χ4v) is 1.91. The Hall–Kier alpha value is -2.04. The van der Waals surface area contributed by atoms with Crippen LogP contribution in [0.25, 0.3) is 0 Å². The lowest BCUT2D eigenvalue weighted by molar-refractivity contribution is -0.403. The first-order valence-corrected chi connectivity index (χ1v) is 5.66. The van der Waals surface area contributed by atoms with E-state index in [4.69, 9.17) is 0 Å². The minimum Gasteiger partial charge on any atom is -0.365 e. The SMILES string of the molecule is CCc1ccc(N2CCNC2=C[N+](=O)[O-])cc1. The van der Waals surface area contributed by atoms with Crippen LogP contribution in [0.5, 0.6) is 0 Å². The molecule has 0 atom stereocenters. The van der Waals surface area contributed by atoms with E-state index in [1.807, 2.05) is 17.0 Å². The Bertz CT molecular complexity index is 440. The molecule has 0 saturated carbocycles. The summed E-state index contributed by atoms with van der Waals surface area (Å²) < 4.78 is 0. The van der Waals surface area contributed by atoms with E-state index in [2.05, 4.69) is 24.4 Å². The van der Waals surface area contributed by atoms with Crippen LogP contribution in [0.15, 0.2) is 36.3 Å². The fourth-order valence-electron chi connectivity index (χ4n) is 1.91. The third kappa shape index (κ3) is 2.55. The second-order valence-corrected chi connectivity index (χ2v) is 3.90. The third-order valence-corrected chi connectivity index (χ3v) is 2.82. The Morgan fingerprint density at radius 2 is 2.18 bits per heavy atom. The van der Waals surface area contributed by atoms with Crippen molar-refractivity contribution in [1.29, 1.82) is 0 Å². The number of aryl methyl sites for hydroxylation is 1. The van der Waals surface area contributed by atoms with Crippen LogP contribution in [0.3, 0.4) is 0 Å². The molecule has 1 heterocycles. The van der Waals surface area contributed by atoms with Crippen LogP contribution in [0.2, 0.25) is 0 Å². The summed E-state index contributed by atoms with van der Waals surface area (Å²) in [5.74, 6) is 0.555. The maximum atomic E-state index is 10.5. The van der Waals surface area contributed by atoms with Crippen LogP contribution >= 0.6 is 0 Å². The first-order valence-electron chi connectivity index (χ1n) is 5.66. The Morgan fingerprint density at radius 1 is 1.47 bits per heavy atom. The molecule has 0 aromatic heterocycles. The number of nitrogens with one attached hydrogen (secondary N) is 1. The predicted molar refractivity (Wildman–Crippen MR) is 66.2 cm³/mol. The van der Waals surface area contributed by atoms with E-state index in [-0.39, 0.29) is 0 Å². The summed E-state index contributed by atoms with van der Waals surface area (Å²) >= 11 is 0. The van der Waals surface area contributed by atoms with Gasteiger partial charge < -0.3 is 10.2 Å². The molecule has 0 amide bonds. The van der Waals surface area contributed by atoms with Gasteiger partial charge in [-0.25, -0.2) is 0 Å². The van der Waals surface area contributed by atoms with Crippen molar-refractivity contribution in [3.63, 3.8) is 0 Å². The van der Waals surface area contributed by atoms with Crippen molar-refractivity contribution >= 4 is 5.69 Å². The third-order valence-electron chi connectivity index (χ3n) is 2.82. The van der Waals surface area contributed by atoms with E-state index >= 15 is 0 Å². The molecule has 17 heavy (non-hydrogen) atoms. The summed E-state index contributed by atoms with van der Waals surface area (Å²) in [5.41, 5.74) is 2.25. The number of nitro groups is 1. The van der Waals surface area contributed by atoms with Gasteiger partial charge in [0.25, 0.3) is 6.20 Å². The van der Waals surface area contributed by atoms with Crippen LogP contribution in [-0.2, 0) is 6.42 Å². The summed E-state index contributed by atoms with van der Waals surface area (Å²) in [5, 5.41) is 13.5. The zero-order valence-corrected chi connectivity index (χ0v) is 9.72. The lowest BCUT2D eigenvalue weighted by Gasteiger charge is -2.17. The Kier molecular flexibility index (Phi) is 3.27. The van der Waals surface area contributed by atoms with Crippen molar-refractivity contribution in [2.45, 2.75) is 13.3 Å². The van der Waals surface area contributed by atoms with Crippen molar-refractivity contribution in [1.82, 2.24) is 5.32 Å². The molecule has 90 valence electrons. The molecule has 0 bridgehead atoms. The van der Waals surface area contributed by atoms with Gasteiger partial charge in [-0.1, -0.05) is 19.1 Å². The van der Waals surface area contributed by atoms with E-state index in [1.54, 1.807) is 0 Å². The molecule has 0 aliphatic carbocycles. The first-order chi connectivity index (χ1) is 8.20. The Morgan fingerprint density at radius 3 is 2.76 bits per heavy atom. The van der Waals surface area contributed by atoms with Crippen molar-refractivity contribution in [3.8, 4) is 0 Å². The lowest BCUT2D eigenvalue weighted by atomic mass is 10.1. The molecule has 0 spiro atoms. The molecule has 0 unspecified atom stereocenters. The van der Waals surface area contributed by atoms with E-state index in [9.17, 15) is 10.1 Å². The zero-order valence-electron chi connectivity index (χ0n) is 9.72. The molecular weight excluding hydrogens is 218 g/mol. The van der Waals surface area contributed by atoms with Gasteiger partial charge in [0.15, 0.2) is 5.82 Å². The zero-order chi connectivity index (χ0) is 12.3. The monoisotopic (exact) mass is 233 g/mol. The number of rotatable bonds is 3. The van der Waals surface area contributed by atoms with Gasteiger partial charge in [-0.2, -0.15) is 0 Å². The van der Waals surface area contributed by atoms with Gasteiger partial charge in [-0.3, -0.25) is 10.1 Å². The van der Waals surface area contributed by atoms with Gasteiger partial charge in [0, 0.05) is 18.8 Å². The van der Waals surface area contributed by atoms with Crippen LogP contribution in [0.1, 0.15) is 12.5 Å².